The molecule has 2 aromatic carbocycles. The molecule has 0 radical (unpaired) electrons. The Morgan fingerprint density at radius 3 is 2.54 bits per heavy atom. The van der Waals surface area contributed by atoms with Crippen LogP contribution in [-0.2, 0) is 0 Å². The molecular formula is C19H16N2O3. The summed E-state index contributed by atoms with van der Waals surface area (Å²) in [6.07, 6.45) is 3.63. The van der Waals surface area contributed by atoms with E-state index in [1.54, 1.807) is 20.4 Å². The monoisotopic (exact) mass is 320 g/mol. The number of aromatic amines is 1. The van der Waals surface area contributed by atoms with E-state index in [1.165, 1.54) is 0 Å². The lowest BCUT2D eigenvalue weighted by molar-refractivity contribution is 0.355. The fourth-order valence-corrected chi connectivity index (χ4v) is 2.76. The molecule has 0 unspecified atom stereocenters. The highest BCUT2D eigenvalue weighted by atomic mass is 16.5. The van der Waals surface area contributed by atoms with Gasteiger partial charge in [-0.25, -0.2) is 0 Å². The minimum absolute atomic E-state index is 0.642. The van der Waals surface area contributed by atoms with Gasteiger partial charge < -0.3 is 19.2 Å². The summed E-state index contributed by atoms with van der Waals surface area (Å²) in [6, 6.07) is 13.5. The number of hydrogen-bond donors (Lipinski definition) is 1. The van der Waals surface area contributed by atoms with E-state index in [-0.39, 0.29) is 0 Å². The highest BCUT2D eigenvalue weighted by molar-refractivity contribution is 5.88. The van der Waals surface area contributed by atoms with Crippen molar-refractivity contribution in [3.63, 3.8) is 0 Å². The minimum Gasteiger partial charge on any atom is -0.493 e. The molecule has 24 heavy (non-hydrogen) atoms. The number of pyridine rings is 1. The Bertz CT molecular complexity index is 1020. The number of ether oxygens (including phenoxy) is 3. The zero-order chi connectivity index (χ0) is 16.5. The smallest absolute Gasteiger partial charge is 0.162 e. The zero-order valence-corrected chi connectivity index (χ0v) is 13.4. The Balaban J connectivity index is 1.80. The SMILES string of the molecule is COc1cc2nccc(Oc3ccc4[nH]ccc4c3)c2cc1OC. The van der Waals surface area contributed by atoms with Crippen LogP contribution < -0.4 is 14.2 Å². The van der Waals surface area contributed by atoms with Gasteiger partial charge in [0.1, 0.15) is 11.5 Å². The molecule has 0 saturated carbocycles. The number of rotatable bonds is 4. The normalized spacial score (nSPS) is 10.9. The van der Waals surface area contributed by atoms with E-state index in [0.717, 1.165) is 33.3 Å². The van der Waals surface area contributed by atoms with Crippen LogP contribution in [0.3, 0.4) is 0 Å². The van der Waals surface area contributed by atoms with Gasteiger partial charge in [-0.05, 0) is 36.4 Å². The van der Waals surface area contributed by atoms with Crippen LogP contribution in [-0.4, -0.2) is 24.2 Å². The van der Waals surface area contributed by atoms with Crippen molar-refractivity contribution in [2.24, 2.45) is 0 Å². The lowest BCUT2D eigenvalue weighted by Gasteiger charge is -2.12. The van der Waals surface area contributed by atoms with Gasteiger partial charge in [-0.3, -0.25) is 4.98 Å². The molecule has 0 aliphatic carbocycles. The van der Waals surface area contributed by atoms with Gasteiger partial charge >= 0.3 is 0 Å². The Morgan fingerprint density at radius 2 is 1.71 bits per heavy atom. The van der Waals surface area contributed by atoms with E-state index >= 15 is 0 Å². The van der Waals surface area contributed by atoms with Crippen molar-refractivity contribution in [2.45, 2.75) is 0 Å². The minimum atomic E-state index is 0.642. The second-order valence-electron chi connectivity index (χ2n) is 5.36. The van der Waals surface area contributed by atoms with Gasteiger partial charge in [0.25, 0.3) is 0 Å². The molecule has 2 aromatic heterocycles. The molecule has 0 fully saturated rings. The third-order valence-corrected chi connectivity index (χ3v) is 3.96. The molecule has 120 valence electrons. The van der Waals surface area contributed by atoms with Crippen LogP contribution in [0.4, 0.5) is 0 Å². The van der Waals surface area contributed by atoms with Crippen LogP contribution in [0.15, 0.2) is 54.9 Å². The maximum absolute atomic E-state index is 6.09. The van der Waals surface area contributed by atoms with E-state index in [9.17, 15) is 0 Å². The van der Waals surface area contributed by atoms with Gasteiger partial charge in [0.15, 0.2) is 11.5 Å². The molecule has 0 saturated heterocycles. The molecule has 0 aliphatic rings. The van der Waals surface area contributed by atoms with Crippen LogP contribution in [0.5, 0.6) is 23.0 Å². The number of aromatic nitrogens is 2. The summed E-state index contributed by atoms with van der Waals surface area (Å²) < 4.78 is 16.8. The number of nitrogens with zero attached hydrogens (tertiary/aromatic N) is 1. The Kier molecular flexibility index (Phi) is 3.46. The van der Waals surface area contributed by atoms with Crippen molar-refractivity contribution in [1.82, 2.24) is 9.97 Å². The Labute approximate surface area is 138 Å². The first-order chi connectivity index (χ1) is 11.8. The molecule has 2 heterocycles. The van der Waals surface area contributed by atoms with Crippen LogP contribution in [0, 0.1) is 0 Å². The van der Waals surface area contributed by atoms with E-state index in [1.807, 2.05) is 48.7 Å². The molecule has 0 bridgehead atoms. The molecule has 0 amide bonds. The first-order valence-electron chi connectivity index (χ1n) is 7.54. The summed E-state index contributed by atoms with van der Waals surface area (Å²) in [4.78, 5) is 7.56. The predicted octanol–water partition coefficient (Wildman–Crippen LogP) is 4.53. The summed E-state index contributed by atoms with van der Waals surface area (Å²) in [5, 5.41) is 1.97. The molecule has 1 N–H and O–H groups in total. The maximum Gasteiger partial charge on any atom is 0.162 e. The van der Waals surface area contributed by atoms with Gasteiger partial charge in [-0.1, -0.05) is 0 Å². The Morgan fingerprint density at radius 1 is 0.875 bits per heavy atom. The third kappa shape index (κ3) is 2.40. The largest absolute Gasteiger partial charge is 0.493 e. The molecule has 0 aliphatic heterocycles. The first-order valence-corrected chi connectivity index (χ1v) is 7.54. The predicted molar refractivity (Wildman–Crippen MR) is 93.2 cm³/mol. The third-order valence-electron chi connectivity index (χ3n) is 3.96. The Hall–Kier alpha value is -3.21. The van der Waals surface area contributed by atoms with Crippen LogP contribution in [0.2, 0.25) is 0 Å². The first kappa shape index (κ1) is 14.4. The molecule has 0 spiro atoms. The number of benzene rings is 2. The lowest BCUT2D eigenvalue weighted by Crippen LogP contribution is -1.93. The molecule has 0 atom stereocenters. The van der Waals surface area contributed by atoms with Crippen molar-refractivity contribution < 1.29 is 14.2 Å². The van der Waals surface area contributed by atoms with Gasteiger partial charge in [-0.2, -0.15) is 0 Å². The number of methoxy groups -OCH3 is 2. The zero-order valence-electron chi connectivity index (χ0n) is 13.4. The average molecular weight is 320 g/mol. The van der Waals surface area contributed by atoms with Crippen LogP contribution in [0.1, 0.15) is 0 Å². The van der Waals surface area contributed by atoms with Crippen LogP contribution in [0.25, 0.3) is 21.8 Å². The quantitative estimate of drug-likeness (QED) is 0.600. The molecule has 4 aromatic rings. The summed E-state index contributed by atoms with van der Waals surface area (Å²) in [5.74, 6) is 2.77. The number of fused-ring (bicyclic) bond motifs is 2. The molecular weight excluding hydrogens is 304 g/mol. The van der Waals surface area contributed by atoms with Crippen molar-refractivity contribution >= 4 is 21.8 Å². The highest BCUT2D eigenvalue weighted by Crippen LogP contribution is 2.37. The summed E-state index contributed by atoms with van der Waals surface area (Å²) in [5.41, 5.74) is 1.86. The fraction of sp³-hybridized carbons (Fsp3) is 0.105. The van der Waals surface area contributed by atoms with Crippen molar-refractivity contribution in [3.8, 4) is 23.0 Å². The summed E-state index contributed by atoms with van der Waals surface area (Å²) in [6.45, 7) is 0. The van der Waals surface area contributed by atoms with Gasteiger partial charge in [0.05, 0.1) is 19.7 Å². The maximum atomic E-state index is 6.09. The standard InChI is InChI=1S/C19H16N2O3/c1-22-18-10-14-16(11-19(18)23-2)21-8-6-17(14)24-13-3-4-15-12(9-13)5-7-20-15/h3-11,20H,1-2H3. The van der Waals surface area contributed by atoms with Crippen molar-refractivity contribution in [2.75, 3.05) is 14.2 Å². The second kappa shape index (κ2) is 5.77. The number of hydrogen-bond acceptors (Lipinski definition) is 4. The summed E-state index contributed by atoms with van der Waals surface area (Å²) >= 11 is 0. The molecule has 5 nitrogen and oxygen atoms in total. The topological polar surface area (TPSA) is 56.4 Å². The molecule has 5 heteroatoms. The fourth-order valence-electron chi connectivity index (χ4n) is 2.76. The molecule has 4 rings (SSSR count). The van der Waals surface area contributed by atoms with E-state index in [2.05, 4.69) is 9.97 Å². The van der Waals surface area contributed by atoms with E-state index < -0.39 is 0 Å². The van der Waals surface area contributed by atoms with Crippen LogP contribution >= 0.6 is 0 Å². The second-order valence-corrected chi connectivity index (χ2v) is 5.36. The van der Waals surface area contributed by atoms with Crippen molar-refractivity contribution in [3.05, 3.63) is 54.9 Å². The number of nitrogens with one attached hydrogen (secondary N) is 1. The van der Waals surface area contributed by atoms with E-state index in [0.29, 0.717) is 11.5 Å². The highest BCUT2D eigenvalue weighted by Gasteiger charge is 2.11. The van der Waals surface area contributed by atoms with Gasteiger partial charge in [0.2, 0.25) is 0 Å². The van der Waals surface area contributed by atoms with E-state index in [4.69, 9.17) is 14.2 Å². The van der Waals surface area contributed by atoms with Crippen molar-refractivity contribution in [1.29, 1.82) is 0 Å². The number of H-pyrrole nitrogens is 1. The van der Waals surface area contributed by atoms with Gasteiger partial charge in [-0.15, -0.1) is 0 Å². The van der Waals surface area contributed by atoms with Gasteiger partial charge in [0, 0.05) is 34.7 Å². The lowest BCUT2D eigenvalue weighted by atomic mass is 10.1. The summed E-state index contributed by atoms with van der Waals surface area (Å²) in [7, 11) is 3.22. The average Bonchev–Trinajstić information content (AvgIpc) is 3.08.